The summed E-state index contributed by atoms with van der Waals surface area (Å²) in [6, 6.07) is 22.5. The third-order valence-electron chi connectivity index (χ3n) is 6.90. The van der Waals surface area contributed by atoms with Crippen molar-refractivity contribution in [3.8, 4) is 11.1 Å². The molecule has 1 heteroatoms. The zero-order valence-electron chi connectivity index (χ0n) is 16.7. The Hall–Kier alpha value is -1.46. The van der Waals surface area contributed by atoms with Crippen LogP contribution in [0.2, 0.25) is 0 Å². The van der Waals surface area contributed by atoms with Gasteiger partial charge in [0.1, 0.15) is 0 Å². The fourth-order valence-electron chi connectivity index (χ4n) is 5.30. The summed E-state index contributed by atoms with van der Waals surface area (Å²) in [7, 11) is 0. The van der Waals surface area contributed by atoms with Crippen LogP contribution in [-0.2, 0) is 24.7 Å². The first-order valence-corrected chi connectivity index (χ1v) is 12.1. The molecule has 28 heavy (non-hydrogen) atoms. The molecule has 5 rings (SSSR count). The Morgan fingerprint density at radius 1 is 0.893 bits per heavy atom. The molecule has 0 aliphatic heterocycles. The van der Waals surface area contributed by atoms with Gasteiger partial charge in [0, 0.05) is 0 Å². The fourth-order valence-corrected chi connectivity index (χ4v) is 6.38. The van der Waals surface area contributed by atoms with Gasteiger partial charge >= 0.3 is 185 Å². The summed E-state index contributed by atoms with van der Waals surface area (Å²) in [6.45, 7) is 2.53. The van der Waals surface area contributed by atoms with Gasteiger partial charge in [-0.1, -0.05) is 0 Å². The van der Waals surface area contributed by atoms with Crippen molar-refractivity contribution >= 4 is 16.8 Å². The van der Waals surface area contributed by atoms with Crippen molar-refractivity contribution in [3.05, 3.63) is 77.4 Å². The summed E-state index contributed by atoms with van der Waals surface area (Å²) >= 11 is 1.63. The summed E-state index contributed by atoms with van der Waals surface area (Å²) in [5.41, 5.74) is 7.99. The Morgan fingerprint density at radius 3 is 2.50 bits per heavy atom. The third-order valence-corrected chi connectivity index (χ3v) is 8.58. The van der Waals surface area contributed by atoms with Crippen molar-refractivity contribution in [1.82, 2.24) is 0 Å². The van der Waals surface area contributed by atoms with Crippen molar-refractivity contribution in [2.75, 3.05) is 0 Å². The van der Waals surface area contributed by atoms with Crippen molar-refractivity contribution in [3.63, 3.8) is 0 Å². The van der Waals surface area contributed by atoms with Crippen LogP contribution in [0.1, 0.15) is 60.2 Å². The van der Waals surface area contributed by atoms with Crippen molar-refractivity contribution in [1.29, 1.82) is 0 Å². The van der Waals surface area contributed by atoms with Gasteiger partial charge in [0.2, 0.25) is 0 Å². The maximum atomic E-state index is 2.55. The first-order chi connectivity index (χ1) is 13.6. The number of hydrogen-bond donors (Lipinski definition) is 0. The van der Waals surface area contributed by atoms with E-state index in [0.717, 1.165) is 0 Å². The molecule has 1 saturated carbocycles. The van der Waals surface area contributed by atoms with E-state index >= 15 is 0 Å². The molecule has 0 N–H and O–H groups in total. The quantitative estimate of drug-likeness (QED) is 0.387. The van der Waals surface area contributed by atoms with Crippen LogP contribution in [0.4, 0.5) is 0 Å². The second kappa shape index (κ2) is 7.42. The van der Waals surface area contributed by atoms with E-state index in [9.17, 15) is 0 Å². The SMILES string of the molecule is CC1(CC2=Cc3c(-c4ccc5ccccc5c4)cccc3[CH]2[Zr])CCCCC1. The second-order valence-electron chi connectivity index (χ2n) is 9.07. The zero-order chi connectivity index (χ0) is 19.1. The van der Waals surface area contributed by atoms with Gasteiger partial charge < -0.3 is 0 Å². The van der Waals surface area contributed by atoms with Crippen molar-refractivity contribution < 1.29 is 24.7 Å². The first kappa shape index (κ1) is 18.6. The molecule has 0 saturated heterocycles. The van der Waals surface area contributed by atoms with Gasteiger partial charge in [-0.3, -0.25) is 0 Å². The maximum absolute atomic E-state index is 2.55. The van der Waals surface area contributed by atoms with E-state index < -0.39 is 0 Å². The average molecular weight is 443 g/mol. The number of benzene rings is 3. The van der Waals surface area contributed by atoms with E-state index in [2.05, 4.69) is 73.7 Å². The van der Waals surface area contributed by atoms with Gasteiger partial charge in [0.05, 0.1) is 0 Å². The molecule has 2 aliphatic rings. The first-order valence-electron chi connectivity index (χ1n) is 10.7. The van der Waals surface area contributed by atoms with Gasteiger partial charge in [0.15, 0.2) is 0 Å². The minimum atomic E-state index is 0.518. The molecule has 2 aliphatic carbocycles. The van der Waals surface area contributed by atoms with Crippen LogP contribution in [-0.4, -0.2) is 0 Å². The Bertz CT molecular complexity index is 1050. The molecule has 3 aromatic rings. The monoisotopic (exact) mass is 441 g/mol. The van der Waals surface area contributed by atoms with Gasteiger partial charge in [-0.2, -0.15) is 0 Å². The van der Waals surface area contributed by atoms with Crippen LogP contribution in [0, 0.1) is 5.41 Å². The molecule has 0 nitrogen and oxygen atoms in total. The summed E-state index contributed by atoms with van der Waals surface area (Å²) < 4.78 is 0.640. The molecule has 0 radical (unpaired) electrons. The van der Waals surface area contributed by atoms with Crippen LogP contribution in [0.5, 0.6) is 0 Å². The number of allylic oxidation sites excluding steroid dienone is 1. The molecule has 0 spiro atoms. The predicted octanol–water partition coefficient (Wildman–Crippen LogP) is 7.85. The van der Waals surface area contributed by atoms with E-state index in [-0.39, 0.29) is 0 Å². The molecule has 139 valence electrons. The van der Waals surface area contributed by atoms with Crippen LogP contribution < -0.4 is 0 Å². The van der Waals surface area contributed by atoms with Crippen LogP contribution in [0.25, 0.3) is 28.0 Å². The Kier molecular flexibility index (Phi) is 4.92. The predicted molar refractivity (Wildman–Crippen MR) is 116 cm³/mol. The Labute approximate surface area is 183 Å². The van der Waals surface area contributed by atoms with E-state index in [1.165, 1.54) is 66.0 Å². The number of rotatable bonds is 3. The van der Waals surface area contributed by atoms with Crippen molar-refractivity contribution in [2.24, 2.45) is 5.41 Å². The molecular formula is C27H27Zr. The minimum absolute atomic E-state index is 0.518. The van der Waals surface area contributed by atoms with Crippen molar-refractivity contribution in [2.45, 2.75) is 49.1 Å². The van der Waals surface area contributed by atoms with Gasteiger partial charge in [-0.05, 0) is 0 Å². The van der Waals surface area contributed by atoms with E-state index in [1.807, 2.05) is 0 Å². The van der Waals surface area contributed by atoms with Gasteiger partial charge in [0.25, 0.3) is 0 Å². The van der Waals surface area contributed by atoms with E-state index in [1.54, 1.807) is 35.9 Å². The molecule has 1 atom stereocenters. The second-order valence-corrected chi connectivity index (χ2v) is 10.5. The van der Waals surface area contributed by atoms with E-state index in [4.69, 9.17) is 0 Å². The van der Waals surface area contributed by atoms with Gasteiger partial charge in [-0.25, -0.2) is 0 Å². The summed E-state index contributed by atoms with van der Waals surface area (Å²) in [4.78, 5) is 0. The van der Waals surface area contributed by atoms with Crippen LogP contribution >= 0.6 is 0 Å². The molecule has 1 unspecified atom stereocenters. The Balaban J connectivity index is 1.54. The standard InChI is InChI=1S/C27H27.Zr/c1-27(14-5-2-6-15-27)19-20-16-23-10-7-11-25(26(23)17-20)24-13-12-21-8-3-4-9-22(21)18-24;/h3-4,7-13,16-18H,2,5-6,14-15,19H2,1H3;. The third kappa shape index (κ3) is 3.37. The molecule has 0 heterocycles. The molecule has 0 amide bonds. The molecule has 0 bridgehead atoms. The van der Waals surface area contributed by atoms with E-state index in [0.29, 0.717) is 9.04 Å². The molecular weight excluding hydrogens is 416 g/mol. The Morgan fingerprint density at radius 2 is 1.68 bits per heavy atom. The summed E-state index contributed by atoms with van der Waals surface area (Å²) in [5.74, 6) is 0. The molecule has 3 aromatic carbocycles. The van der Waals surface area contributed by atoms with Gasteiger partial charge in [-0.15, -0.1) is 0 Å². The average Bonchev–Trinajstić information content (AvgIpc) is 3.03. The number of fused-ring (bicyclic) bond motifs is 2. The molecule has 0 aromatic heterocycles. The molecule has 1 fully saturated rings. The zero-order valence-corrected chi connectivity index (χ0v) is 19.1. The topological polar surface area (TPSA) is 0 Å². The normalized spacial score (nSPS) is 20.7. The summed E-state index contributed by atoms with van der Waals surface area (Å²) in [6.07, 6.45) is 10.9. The number of hydrogen-bond acceptors (Lipinski definition) is 0. The fraction of sp³-hybridized carbons (Fsp3) is 0.333. The summed E-state index contributed by atoms with van der Waals surface area (Å²) in [5, 5.41) is 2.65. The van der Waals surface area contributed by atoms with Crippen LogP contribution in [0.15, 0.2) is 66.2 Å². The van der Waals surface area contributed by atoms with Crippen LogP contribution in [0.3, 0.4) is 0 Å².